The number of thioether (sulfide) groups is 1. The average molecular weight is 347 g/mol. The van der Waals surface area contributed by atoms with E-state index in [2.05, 4.69) is 5.32 Å². The minimum atomic E-state index is -0.283. The van der Waals surface area contributed by atoms with Gasteiger partial charge in [-0.3, -0.25) is 4.79 Å². The standard InChI is InChI=1S/C22H21NOS/c1-17(18-11-5-2-6-12-18)23-22(24)21(19-13-7-3-8-14-19)25-20-15-9-4-10-16-20/h2-17,21H,1H3,(H,23,24)/t17-,21-/m1/s1. The van der Waals surface area contributed by atoms with E-state index in [0.717, 1.165) is 16.0 Å². The van der Waals surface area contributed by atoms with Crippen LogP contribution < -0.4 is 5.32 Å². The van der Waals surface area contributed by atoms with Gasteiger partial charge in [-0.25, -0.2) is 0 Å². The highest BCUT2D eigenvalue weighted by atomic mass is 32.2. The van der Waals surface area contributed by atoms with E-state index < -0.39 is 0 Å². The van der Waals surface area contributed by atoms with Crippen molar-refractivity contribution >= 4 is 17.7 Å². The number of nitrogens with one attached hydrogen (secondary N) is 1. The topological polar surface area (TPSA) is 29.1 Å². The Balaban J connectivity index is 1.80. The summed E-state index contributed by atoms with van der Waals surface area (Å²) in [5, 5.41) is 2.87. The fourth-order valence-corrected chi connectivity index (χ4v) is 3.70. The second-order valence-corrected chi connectivity index (χ2v) is 7.04. The third kappa shape index (κ3) is 4.74. The number of benzene rings is 3. The van der Waals surface area contributed by atoms with E-state index in [4.69, 9.17) is 0 Å². The molecule has 25 heavy (non-hydrogen) atoms. The van der Waals surface area contributed by atoms with Gasteiger partial charge in [0, 0.05) is 4.90 Å². The first-order valence-corrected chi connectivity index (χ1v) is 9.24. The fourth-order valence-electron chi connectivity index (χ4n) is 2.65. The number of carbonyl (C=O) groups is 1. The highest BCUT2D eigenvalue weighted by Gasteiger charge is 2.23. The summed E-state index contributed by atoms with van der Waals surface area (Å²) in [6.07, 6.45) is 0. The van der Waals surface area contributed by atoms with Gasteiger partial charge in [-0.1, -0.05) is 78.9 Å². The molecule has 1 N–H and O–H groups in total. The minimum absolute atomic E-state index is 0.0245. The van der Waals surface area contributed by atoms with Crippen LogP contribution in [0.15, 0.2) is 95.9 Å². The summed E-state index contributed by atoms with van der Waals surface area (Å²) in [6.45, 7) is 2.02. The van der Waals surface area contributed by atoms with Crippen molar-refractivity contribution in [2.45, 2.75) is 23.1 Å². The van der Waals surface area contributed by atoms with Crippen LogP contribution in [0.1, 0.15) is 29.3 Å². The SMILES string of the molecule is C[C@@H](NC(=O)[C@H](Sc1ccccc1)c1ccccc1)c1ccccc1. The van der Waals surface area contributed by atoms with Crippen LogP contribution in [0.2, 0.25) is 0 Å². The van der Waals surface area contributed by atoms with E-state index in [1.807, 2.05) is 97.9 Å². The molecule has 3 heteroatoms. The molecule has 0 spiro atoms. The average Bonchev–Trinajstić information content (AvgIpc) is 2.68. The molecule has 2 atom stereocenters. The molecule has 0 aliphatic rings. The quantitative estimate of drug-likeness (QED) is 0.605. The molecule has 0 saturated heterocycles. The number of carbonyl (C=O) groups excluding carboxylic acids is 1. The molecule has 0 fully saturated rings. The van der Waals surface area contributed by atoms with Gasteiger partial charge < -0.3 is 5.32 Å². The molecule has 0 aliphatic heterocycles. The number of hydrogen-bond donors (Lipinski definition) is 1. The summed E-state index contributed by atoms with van der Waals surface area (Å²) in [7, 11) is 0. The largest absolute Gasteiger partial charge is 0.348 e. The van der Waals surface area contributed by atoms with Crippen LogP contribution in [-0.4, -0.2) is 5.91 Å². The van der Waals surface area contributed by atoms with Gasteiger partial charge in [0.2, 0.25) is 5.91 Å². The van der Waals surface area contributed by atoms with Gasteiger partial charge in [0.25, 0.3) is 0 Å². The van der Waals surface area contributed by atoms with Gasteiger partial charge in [-0.2, -0.15) is 0 Å². The van der Waals surface area contributed by atoms with E-state index in [-0.39, 0.29) is 17.2 Å². The number of amides is 1. The molecule has 0 radical (unpaired) electrons. The van der Waals surface area contributed by atoms with Crippen LogP contribution in [-0.2, 0) is 4.79 Å². The zero-order chi connectivity index (χ0) is 17.5. The summed E-state index contributed by atoms with van der Waals surface area (Å²) < 4.78 is 0. The van der Waals surface area contributed by atoms with Gasteiger partial charge in [0.15, 0.2) is 0 Å². The lowest BCUT2D eigenvalue weighted by Crippen LogP contribution is -2.30. The van der Waals surface area contributed by atoms with Crippen molar-refractivity contribution in [3.8, 4) is 0 Å². The Hall–Kier alpha value is -2.52. The van der Waals surface area contributed by atoms with E-state index in [1.54, 1.807) is 11.8 Å². The fraction of sp³-hybridized carbons (Fsp3) is 0.136. The first-order chi connectivity index (χ1) is 12.2. The summed E-state index contributed by atoms with van der Waals surface area (Å²) in [6, 6.07) is 30.0. The molecular weight excluding hydrogens is 326 g/mol. The molecule has 126 valence electrons. The molecule has 0 heterocycles. The maximum Gasteiger partial charge on any atom is 0.238 e. The Morgan fingerprint density at radius 1 is 0.760 bits per heavy atom. The Morgan fingerprint density at radius 3 is 1.80 bits per heavy atom. The van der Waals surface area contributed by atoms with Crippen molar-refractivity contribution in [3.05, 3.63) is 102 Å². The lowest BCUT2D eigenvalue weighted by Gasteiger charge is -2.21. The van der Waals surface area contributed by atoms with E-state index >= 15 is 0 Å². The second-order valence-electron chi connectivity index (χ2n) is 5.86. The van der Waals surface area contributed by atoms with E-state index in [0.29, 0.717) is 0 Å². The van der Waals surface area contributed by atoms with Crippen LogP contribution in [0.4, 0.5) is 0 Å². The third-order valence-corrected chi connectivity index (χ3v) is 5.26. The summed E-state index contributed by atoms with van der Waals surface area (Å²) in [4.78, 5) is 14.1. The lowest BCUT2D eigenvalue weighted by molar-refractivity contribution is -0.121. The first-order valence-electron chi connectivity index (χ1n) is 8.36. The maximum atomic E-state index is 13.0. The molecule has 0 aromatic heterocycles. The van der Waals surface area contributed by atoms with Crippen molar-refractivity contribution in [2.24, 2.45) is 0 Å². The minimum Gasteiger partial charge on any atom is -0.348 e. The number of rotatable bonds is 6. The summed E-state index contributed by atoms with van der Waals surface area (Å²) >= 11 is 1.58. The maximum absolute atomic E-state index is 13.0. The highest BCUT2D eigenvalue weighted by Crippen LogP contribution is 2.35. The zero-order valence-corrected chi connectivity index (χ0v) is 14.9. The van der Waals surface area contributed by atoms with Gasteiger partial charge >= 0.3 is 0 Å². The lowest BCUT2D eigenvalue weighted by atomic mass is 10.1. The molecule has 3 aromatic carbocycles. The van der Waals surface area contributed by atoms with Gasteiger partial charge in [-0.15, -0.1) is 11.8 Å². The molecule has 3 aromatic rings. The monoisotopic (exact) mass is 347 g/mol. The predicted octanol–water partition coefficient (Wildman–Crippen LogP) is 5.40. The molecule has 0 saturated carbocycles. The number of hydrogen-bond acceptors (Lipinski definition) is 2. The Morgan fingerprint density at radius 2 is 1.24 bits per heavy atom. The summed E-state index contributed by atoms with van der Waals surface area (Å²) in [5.74, 6) is 0.0245. The molecule has 0 unspecified atom stereocenters. The van der Waals surface area contributed by atoms with Gasteiger partial charge in [-0.05, 0) is 30.2 Å². The molecule has 2 nitrogen and oxygen atoms in total. The van der Waals surface area contributed by atoms with E-state index in [1.165, 1.54) is 0 Å². The van der Waals surface area contributed by atoms with Crippen LogP contribution in [0.3, 0.4) is 0 Å². The Labute approximate surface area is 153 Å². The molecule has 1 amide bonds. The summed E-state index contributed by atoms with van der Waals surface area (Å²) in [5.41, 5.74) is 2.11. The predicted molar refractivity (Wildman–Crippen MR) is 104 cm³/mol. The van der Waals surface area contributed by atoms with Crippen molar-refractivity contribution in [3.63, 3.8) is 0 Å². The van der Waals surface area contributed by atoms with E-state index in [9.17, 15) is 4.79 Å². The highest BCUT2D eigenvalue weighted by molar-refractivity contribution is 8.00. The molecule has 0 bridgehead atoms. The Bertz CT molecular complexity index is 790. The van der Waals surface area contributed by atoms with Crippen molar-refractivity contribution in [1.82, 2.24) is 5.32 Å². The van der Waals surface area contributed by atoms with Gasteiger partial charge in [0.1, 0.15) is 5.25 Å². The van der Waals surface area contributed by atoms with Gasteiger partial charge in [0.05, 0.1) is 6.04 Å². The molecule has 0 aliphatic carbocycles. The van der Waals surface area contributed by atoms with Crippen LogP contribution in [0, 0.1) is 0 Å². The van der Waals surface area contributed by atoms with Crippen molar-refractivity contribution in [1.29, 1.82) is 0 Å². The first kappa shape index (κ1) is 17.3. The zero-order valence-electron chi connectivity index (χ0n) is 14.1. The van der Waals surface area contributed by atoms with Crippen LogP contribution in [0.25, 0.3) is 0 Å². The van der Waals surface area contributed by atoms with Crippen LogP contribution in [0.5, 0.6) is 0 Å². The van der Waals surface area contributed by atoms with Crippen LogP contribution >= 0.6 is 11.8 Å². The Kier molecular flexibility index (Phi) is 5.91. The van der Waals surface area contributed by atoms with Crippen molar-refractivity contribution in [2.75, 3.05) is 0 Å². The normalized spacial score (nSPS) is 13.0. The third-order valence-electron chi connectivity index (χ3n) is 4.00. The smallest absolute Gasteiger partial charge is 0.238 e. The molecule has 3 rings (SSSR count). The second kappa shape index (κ2) is 8.54. The van der Waals surface area contributed by atoms with Crippen molar-refractivity contribution < 1.29 is 4.79 Å². The molecular formula is C22H21NOS.